The first-order chi connectivity index (χ1) is 19.0. The van der Waals surface area contributed by atoms with Gasteiger partial charge in [-0.15, -0.1) is 0 Å². The summed E-state index contributed by atoms with van der Waals surface area (Å²) in [5.41, 5.74) is 6.49. The van der Waals surface area contributed by atoms with E-state index >= 15 is 0 Å². The fourth-order valence-electron chi connectivity index (χ4n) is 4.76. The van der Waals surface area contributed by atoms with Gasteiger partial charge in [0.25, 0.3) is 0 Å². The molecule has 4 aromatic carbocycles. The van der Waals surface area contributed by atoms with E-state index in [2.05, 4.69) is 43.9 Å². The highest BCUT2D eigenvalue weighted by molar-refractivity contribution is 6.14. The van der Waals surface area contributed by atoms with Gasteiger partial charge in [0.15, 0.2) is 0 Å². The number of esters is 2. The number of hydrogen-bond donors (Lipinski definition) is 0. The van der Waals surface area contributed by atoms with Crippen LogP contribution in [-0.4, -0.2) is 11.9 Å². The third-order valence-electron chi connectivity index (χ3n) is 7.15. The van der Waals surface area contributed by atoms with Crippen molar-refractivity contribution < 1.29 is 23.8 Å². The largest absolute Gasteiger partial charge is 0.457 e. The minimum Gasteiger partial charge on any atom is -0.457 e. The number of carbonyl (C=O) groups excluding carboxylic acids is 2. The summed E-state index contributed by atoms with van der Waals surface area (Å²) in [6.45, 7) is 16.5. The van der Waals surface area contributed by atoms with Crippen LogP contribution in [0.1, 0.15) is 70.7 Å². The maximum Gasteiger partial charge on any atom is 0.347 e. The van der Waals surface area contributed by atoms with Crippen LogP contribution in [-0.2, 0) is 10.2 Å². The third-order valence-corrected chi connectivity index (χ3v) is 7.15. The van der Waals surface area contributed by atoms with Crippen LogP contribution in [0.25, 0.3) is 11.1 Å². The Kier molecular flexibility index (Phi) is 6.90. The van der Waals surface area contributed by atoms with Crippen molar-refractivity contribution in [2.75, 3.05) is 0 Å². The molecule has 0 fully saturated rings. The van der Waals surface area contributed by atoms with Crippen LogP contribution in [0.5, 0.6) is 23.0 Å². The maximum atomic E-state index is 11.8. The summed E-state index contributed by atoms with van der Waals surface area (Å²) in [6.07, 6.45) is 0. The summed E-state index contributed by atoms with van der Waals surface area (Å²) in [6, 6.07) is 26.6. The van der Waals surface area contributed by atoms with Crippen molar-refractivity contribution in [1.29, 1.82) is 0 Å². The van der Waals surface area contributed by atoms with E-state index in [1.54, 1.807) is 12.1 Å². The molecule has 0 saturated carbocycles. The van der Waals surface area contributed by atoms with Crippen molar-refractivity contribution in [2.24, 2.45) is 0 Å². The van der Waals surface area contributed by atoms with Gasteiger partial charge in [-0.1, -0.05) is 68.5 Å². The normalized spacial score (nSPS) is 12.5. The Hall–Kier alpha value is -4.90. The summed E-state index contributed by atoms with van der Waals surface area (Å²) < 4.78 is 16.7. The average molecular weight is 531 g/mol. The highest BCUT2D eigenvalue weighted by Gasteiger charge is 2.30. The summed E-state index contributed by atoms with van der Waals surface area (Å²) in [7, 11) is 0. The Morgan fingerprint density at radius 3 is 1.57 bits per heavy atom. The Morgan fingerprint density at radius 1 is 0.600 bits per heavy atom. The molecule has 0 spiro atoms. The van der Waals surface area contributed by atoms with Crippen molar-refractivity contribution in [3.63, 3.8) is 0 Å². The molecule has 0 unspecified atom stereocenters. The van der Waals surface area contributed by atoms with Crippen molar-refractivity contribution in [2.45, 2.75) is 33.1 Å². The molecule has 5 rings (SSSR count). The van der Waals surface area contributed by atoms with Gasteiger partial charge in [-0.25, -0.2) is 9.59 Å². The van der Waals surface area contributed by atoms with E-state index < -0.39 is 11.9 Å². The molecule has 5 heteroatoms. The van der Waals surface area contributed by atoms with E-state index in [0.29, 0.717) is 11.5 Å². The summed E-state index contributed by atoms with van der Waals surface area (Å²) in [5, 5.41) is 0. The SMILES string of the molecule is C=C(C)c1ccc(Oc2ccc(C(C)(C)c3ccc(Oc4ccc5c(c4)C(=O)OC5=O)cc3)cc2)cc1C(=C)C. The lowest BCUT2D eigenvalue weighted by molar-refractivity contribution is 0.0443. The number of ether oxygens (including phenoxy) is 3. The lowest BCUT2D eigenvalue weighted by atomic mass is 9.78. The number of cyclic esters (lactones) is 2. The molecule has 4 aromatic rings. The van der Waals surface area contributed by atoms with Crippen molar-refractivity contribution in [1.82, 2.24) is 0 Å². The maximum absolute atomic E-state index is 11.8. The van der Waals surface area contributed by atoms with Crippen LogP contribution in [0.2, 0.25) is 0 Å². The van der Waals surface area contributed by atoms with Crippen molar-refractivity contribution in [3.8, 4) is 23.0 Å². The zero-order valence-corrected chi connectivity index (χ0v) is 23.0. The number of allylic oxidation sites excluding steroid dienone is 2. The van der Waals surface area contributed by atoms with Crippen LogP contribution in [0, 0.1) is 0 Å². The minimum absolute atomic E-state index is 0.216. The third kappa shape index (κ3) is 5.19. The number of benzene rings is 4. The molecule has 0 atom stereocenters. The molecule has 40 heavy (non-hydrogen) atoms. The average Bonchev–Trinajstić information content (AvgIpc) is 3.21. The second-order valence-corrected chi connectivity index (χ2v) is 10.5. The van der Waals surface area contributed by atoms with E-state index in [1.807, 2.05) is 68.4 Å². The summed E-state index contributed by atoms with van der Waals surface area (Å²) in [5.74, 6) is 1.28. The van der Waals surface area contributed by atoms with Gasteiger partial charge in [-0.3, -0.25) is 0 Å². The zero-order chi connectivity index (χ0) is 28.6. The molecule has 0 N–H and O–H groups in total. The van der Waals surface area contributed by atoms with Crippen LogP contribution >= 0.6 is 0 Å². The fraction of sp³-hybridized carbons (Fsp3) is 0.143. The molecule has 1 aliphatic heterocycles. The molecular formula is C35H30O5. The standard InChI is InChI=1S/C35H30O5/c1-21(2)29-17-15-27(19-31(29)22(3)4)38-25-11-7-23(8-12-25)35(5,6)24-9-13-26(14-10-24)39-28-16-18-30-32(20-28)34(37)40-33(30)36/h7-20H,1,3H2,2,4-6H3. The number of hydrogen-bond acceptors (Lipinski definition) is 5. The quantitative estimate of drug-likeness (QED) is 0.168. The predicted molar refractivity (Wildman–Crippen MR) is 157 cm³/mol. The molecule has 0 bridgehead atoms. The number of fused-ring (bicyclic) bond motifs is 1. The van der Waals surface area contributed by atoms with Gasteiger partial charge in [0.1, 0.15) is 23.0 Å². The van der Waals surface area contributed by atoms with E-state index in [0.717, 1.165) is 44.9 Å². The van der Waals surface area contributed by atoms with Crippen LogP contribution < -0.4 is 9.47 Å². The van der Waals surface area contributed by atoms with Gasteiger partial charge in [0.05, 0.1) is 11.1 Å². The Morgan fingerprint density at radius 2 is 1.05 bits per heavy atom. The van der Waals surface area contributed by atoms with Gasteiger partial charge >= 0.3 is 11.9 Å². The molecule has 0 aromatic heterocycles. The fourth-order valence-corrected chi connectivity index (χ4v) is 4.76. The van der Waals surface area contributed by atoms with Gasteiger partial charge < -0.3 is 14.2 Å². The summed E-state index contributed by atoms with van der Waals surface area (Å²) >= 11 is 0. The first-order valence-electron chi connectivity index (χ1n) is 13.0. The van der Waals surface area contributed by atoms with Gasteiger partial charge in [-0.2, -0.15) is 0 Å². The van der Waals surface area contributed by atoms with Crippen LogP contribution in [0.3, 0.4) is 0 Å². The summed E-state index contributed by atoms with van der Waals surface area (Å²) in [4.78, 5) is 23.5. The second-order valence-electron chi connectivity index (χ2n) is 10.5. The minimum atomic E-state index is -0.656. The molecular weight excluding hydrogens is 500 g/mol. The van der Waals surface area contributed by atoms with E-state index in [1.165, 1.54) is 6.07 Å². The van der Waals surface area contributed by atoms with Gasteiger partial charge in [-0.05, 0) is 90.7 Å². The second kappa shape index (κ2) is 10.3. The molecule has 1 heterocycles. The number of carbonyl (C=O) groups is 2. The Labute approximate surface area is 234 Å². The predicted octanol–water partition coefficient (Wildman–Crippen LogP) is 8.97. The van der Waals surface area contributed by atoms with Crippen LogP contribution in [0.15, 0.2) is 98.1 Å². The van der Waals surface area contributed by atoms with Gasteiger partial charge in [0, 0.05) is 5.41 Å². The van der Waals surface area contributed by atoms with Gasteiger partial charge in [0.2, 0.25) is 0 Å². The lowest BCUT2D eigenvalue weighted by Crippen LogP contribution is -2.18. The topological polar surface area (TPSA) is 61.8 Å². The Bertz CT molecular complexity index is 1660. The molecule has 0 amide bonds. The smallest absolute Gasteiger partial charge is 0.347 e. The Balaban J connectivity index is 1.29. The number of rotatable bonds is 8. The first kappa shape index (κ1) is 26.7. The molecule has 0 radical (unpaired) electrons. The monoisotopic (exact) mass is 530 g/mol. The highest BCUT2D eigenvalue weighted by atomic mass is 16.6. The molecule has 1 aliphatic rings. The van der Waals surface area contributed by atoms with Crippen molar-refractivity contribution >= 4 is 23.1 Å². The molecule has 5 nitrogen and oxygen atoms in total. The zero-order valence-electron chi connectivity index (χ0n) is 23.0. The van der Waals surface area contributed by atoms with Crippen molar-refractivity contribution in [3.05, 3.63) is 131 Å². The highest BCUT2D eigenvalue weighted by Crippen LogP contribution is 2.36. The van der Waals surface area contributed by atoms with E-state index in [-0.39, 0.29) is 16.5 Å². The van der Waals surface area contributed by atoms with E-state index in [9.17, 15) is 9.59 Å². The van der Waals surface area contributed by atoms with Crippen LogP contribution in [0.4, 0.5) is 0 Å². The molecule has 0 aliphatic carbocycles. The lowest BCUT2D eigenvalue weighted by Gasteiger charge is -2.26. The molecule has 0 saturated heterocycles. The molecule has 200 valence electrons. The van der Waals surface area contributed by atoms with E-state index in [4.69, 9.17) is 9.47 Å². The first-order valence-corrected chi connectivity index (χ1v) is 13.0.